The van der Waals surface area contributed by atoms with Gasteiger partial charge < -0.3 is 10.1 Å². The maximum absolute atomic E-state index is 12.4. The second-order valence-corrected chi connectivity index (χ2v) is 15.8. The van der Waals surface area contributed by atoms with E-state index >= 15 is 0 Å². The van der Waals surface area contributed by atoms with Crippen LogP contribution >= 0.6 is 0 Å². The Hall–Kier alpha value is -1.34. The molecule has 3 saturated carbocycles. The smallest absolute Gasteiger partial charge is 0.407 e. The molecule has 222 valence electrons. The summed E-state index contributed by atoms with van der Waals surface area (Å²) in [6.07, 6.45) is 15.6. The fraction of sp³-hybridized carbons (Fsp3) is 0.844. The number of fused-ring (bicyclic) bond motifs is 5. The molecule has 0 aliphatic heterocycles. The first kappa shape index (κ1) is 30.6. The molecule has 0 aromatic carbocycles. The van der Waals surface area contributed by atoms with Gasteiger partial charge in [-0.15, -0.1) is 0 Å². The van der Waals surface area contributed by atoms with Gasteiger partial charge in [0.2, 0.25) is 10.0 Å². The molecule has 0 unspecified atom stereocenters. The van der Waals surface area contributed by atoms with Crippen molar-refractivity contribution in [2.75, 3.05) is 13.1 Å². The Labute approximate surface area is 238 Å². The molecule has 0 saturated heterocycles. The quantitative estimate of drug-likeness (QED) is 0.206. The highest BCUT2D eigenvalue weighted by atomic mass is 32.2. The Morgan fingerprint density at radius 3 is 2.59 bits per heavy atom. The molecule has 0 heterocycles. The number of alkyl carbamates (subject to hydrolysis) is 1. The maximum Gasteiger partial charge on any atom is 0.407 e. The molecule has 0 bridgehead atoms. The van der Waals surface area contributed by atoms with Gasteiger partial charge in [-0.2, -0.15) is 0 Å². The lowest BCUT2D eigenvalue weighted by atomic mass is 9.47. The average Bonchev–Trinajstić information content (AvgIpc) is 3.24. The lowest BCUT2D eigenvalue weighted by Gasteiger charge is -2.58. The van der Waals surface area contributed by atoms with E-state index in [4.69, 9.17) is 4.74 Å². The third-order valence-corrected chi connectivity index (χ3v) is 12.5. The van der Waals surface area contributed by atoms with Gasteiger partial charge in [-0.05, 0) is 91.3 Å². The van der Waals surface area contributed by atoms with Crippen molar-refractivity contribution >= 4 is 16.1 Å². The molecule has 39 heavy (non-hydrogen) atoms. The number of hydrogen-bond acceptors (Lipinski definition) is 4. The first-order chi connectivity index (χ1) is 18.4. The third kappa shape index (κ3) is 6.60. The van der Waals surface area contributed by atoms with Crippen molar-refractivity contribution in [1.82, 2.24) is 10.0 Å². The predicted molar refractivity (Wildman–Crippen MR) is 158 cm³/mol. The van der Waals surface area contributed by atoms with E-state index in [-0.39, 0.29) is 24.6 Å². The van der Waals surface area contributed by atoms with E-state index in [1.165, 1.54) is 56.9 Å². The first-order valence-corrected chi connectivity index (χ1v) is 17.2. The number of carbonyl (C=O) groups excluding carboxylic acids is 1. The molecule has 3 fully saturated rings. The van der Waals surface area contributed by atoms with Gasteiger partial charge >= 0.3 is 6.09 Å². The predicted octanol–water partition coefficient (Wildman–Crippen LogP) is 7.19. The summed E-state index contributed by atoms with van der Waals surface area (Å²) >= 11 is 0. The Kier molecular flexibility index (Phi) is 9.63. The van der Waals surface area contributed by atoms with Gasteiger partial charge in [0.15, 0.2) is 0 Å². The van der Waals surface area contributed by atoms with Crippen LogP contribution in [0.15, 0.2) is 23.6 Å². The van der Waals surface area contributed by atoms with E-state index in [0.717, 1.165) is 60.2 Å². The van der Waals surface area contributed by atoms with Crippen molar-refractivity contribution in [3.63, 3.8) is 0 Å². The van der Waals surface area contributed by atoms with Crippen LogP contribution in [0.4, 0.5) is 4.79 Å². The second kappa shape index (κ2) is 12.3. The van der Waals surface area contributed by atoms with E-state index in [0.29, 0.717) is 5.41 Å². The van der Waals surface area contributed by atoms with Gasteiger partial charge in [0.1, 0.15) is 6.10 Å². The number of hydrogen-bond donors (Lipinski definition) is 2. The number of nitrogens with one attached hydrogen (secondary N) is 2. The van der Waals surface area contributed by atoms with Gasteiger partial charge in [-0.3, -0.25) is 0 Å². The molecule has 1 amide bonds. The largest absolute Gasteiger partial charge is 0.446 e. The van der Waals surface area contributed by atoms with Crippen molar-refractivity contribution in [2.24, 2.45) is 46.3 Å². The summed E-state index contributed by atoms with van der Waals surface area (Å²) < 4.78 is 31.0. The maximum atomic E-state index is 12.4. The summed E-state index contributed by atoms with van der Waals surface area (Å²) in [6, 6.07) is 0. The lowest BCUT2D eigenvalue weighted by molar-refractivity contribution is -0.0581. The van der Waals surface area contributed by atoms with Crippen molar-refractivity contribution in [3.05, 3.63) is 23.6 Å². The molecular weight excluding hydrogens is 508 g/mol. The van der Waals surface area contributed by atoms with Crippen LogP contribution in [0.5, 0.6) is 0 Å². The monoisotopic (exact) mass is 562 g/mol. The van der Waals surface area contributed by atoms with E-state index in [1.54, 1.807) is 0 Å². The number of rotatable bonds is 11. The summed E-state index contributed by atoms with van der Waals surface area (Å²) in [5.74, 6) is 4.92. The molecular formula is C32H54N2O4S. The van der Waals surface area contributed by atoms with Crippen molar-refractivity contribution < 1.29 is 17.9 Å². The Morgan fingerprint density at radius 2 is 1.87 bits per heavy atom. The molecule has 0 aromatic rings. The fourth-order valence-electron chi connectivity index (χ4n) is 9.36. The zero-order valence-electron chi connectivity index (χ0n) is 25.1. The molecule has 8 atom stereocenters. The highest BCUT2D eigenvalue weighted by Crippen LogP contribution is 2.67. The Morgan fingerprint density at radius 1 is 1.10 bits per heavy atom. The van der Waals surface area contributed by atoms with Gasteiger partial charge in [-0.1, -0.05) is 72.1 Å². The van der Waals surface area contributed by atoms with Crippen LogP contribution in [0, 0.1) is 46.3 Å². The molecule has 0 radical (unpaired) electrons. The SMILES string of the molecule is C=CS(=O)(=O)NCCNC(=O)O[C@H]1CC[C@@]2(C)C(=CC[C@H]3[C@@H]4CC[C@H]([C@H](C)CCCC(C)C)[C@@]4(C)CC[C@@H]32)C1. The summed E-state index contributed by atoms with van der Waals surface area (Å²) in [5, 5.41) is 3.53. The van der Waals surface area contributed by atoms with Crippen LogP contribution < -0.4 is 10.0 Å². The first-order valence-electron chi connectivity index (χ1n) is 15.7. The molecule has 2 N–H and O–H groups in total. The minimum absolute atomic E-state index is 0.109. The Balaban J connectivity index is 1.33. The lowest BCUT2D eigenvalue weighted by Crippen LogP contribution is -2.51. The second-order valence-electron chi connectivity index (χ2n) is 14.1. The van der Waals surface area contributed by atoms with Crippen LogP contribution in [-0.4, -0.2) is 33.7 Å². The number of carbonyl (C=O) groups is 1. The molecule has 6 nitrogen and oxygen atoms in total. The van der Waals surface area contributed by atoms with Crippen LogP contribution in [0.3, 0.4) is 0 Å². The molecule has 4 aliphatic carbocycles. The highest BCUT2D eigenvalue weighted by Gasteiger charge is 2.59. The fourth-order valence-corrected chi connectivity index (χ4v) is 9.87. The molecule has 4 rings (SSSR count). The molecule has 0 spiro atoms. The number of ether oxygens (including phenoxy) is 1. The van der Waals surface area contributed by atoms with Gasteiger partial charge in [0.05, 0.1) is 0 Å². The van der Waals surface area contributed by atoms with E-state index in [1.807, 2.05) is 0 Å². The molecule has 7 heteroatoms. The van der Waals surface area contributed by atoms with Crippen LogP contribution in [0.25, 0.3) is 0 Å². The van der Waals surface area contributed by atoms with Crippen molar-refractivity contribution in [2.45, 2.75) is 111 Å². The van der Waals surface area contributed by atoms with Crippen molar-refractivity contribution in [3.8, 4) is 0 Å². The number of amides is 1. The summed E-state index contributed by atoms with van der Waals surface area (Å²) in [7, 11) is -3.48. The summed E-state index contributed by atoms with van der Waals surface area (Å²) in [4.78, 5) is 12.4. The molecule has 0 aromatic heterocycles. The van der Waals surface area contributed by atoms with Gasteiger partial charge in [-0.25, -0.2) is 17.9 Å². The minimum Gasteiger partial charge on any atom is -0.446 e. The normalized spacial score (nSPS) is 36.8. The molecule has 4 aliphatic rings. The van der Waals surface area contributed by atoms with Crippen LogP contribution in [0.2, 0.25) is 0 Å². The zero-order valence-corrected chi connectivity index (χ0v) is 26.0. The number of sulfonamides is 1. The van der Waals surface area contributed by atoms with E-state index < -0.39 is 16.1 Å². The Bertz CT molecular complexity index is 1020. The topological polar surface area (TPSA) is 84.5 Å². The summed E-state index contributed by atoms with van der Waals surface area (Å²) in [6.45, 7) is 15.9. The average molecular weight is 563 g/mol. The van der Waals surface area contributed by atoms with Crippen LogP contribution in [-0.2, 0) is 14.8 Å². The highest BCUT2D eigenvalue weighted by molar-refractivity contribution is 7.92. The third-order valence-electron chi connectivity index (χ3n) is 11.5. The van der Waals surface area contributed by atoms with Gasteiger partial charge in [0, 0.05) is 24.9 Å². The van der Waals surface area contributed by atoms with Crippen molar-refractivity contribution in [1.29, 1.82) is 0 Å². The summed E-state index contributed by atoms with van der Waals surface area (Å²) in [5.41, 5.74) is 2.23. The van der Waals surface area contributed by atoms with E-state index in [2.05, 4.69) is 57.3 Å². The standard InChI is InChI=1S/C32H54N2O4S/c1-7-39(36,37)34-20-19-33-30(35)38-25-15-17-31(5)24(21-25)11-12-26-28-14-13-27(23(4)10-8-9-22(2)3)32(28,6)18-16-29(26)31/h7,11,22-23,25-29,34H,1,8-10,12-21H2,2-6H3,(H,33,35)/t23-,25+,26+,27-,28+,29+,31+,32-/m1/s1. The van der Waals surface area contributed by atoms with Gasteiger partial charge in [0.25, 0.3) is 0 Å². The van der Waals surface area contributed by atoms with Crippen LogP contribution in [0.1, 0.15) is 105 Å². The zero-order chi connectivity index (χ0) is 28.4. The minimum atomic E-state index is -3.48. The number of allylic oxidation sites excluding steroid dienone is 1. The van der Waals surface area contributed by atoms with E-state index in [9.17, 15) is 13.2 Å².